The molecule has 3 atom stereocenters. The van der Waals surface area contributed by atoms with Gasteiger partial charge in [-0.25, -0.2) is 0 Å². The molecule has 17 heavy (non-hydrogen) atoms. The number of hydrogen-bond acceptors (Lipinski definition) is 4. The van der Waals surface area contributed by atoms with Crippen molar-refractivity contribution in [1.82, 2.24) is 9.80 Å². The molecule has 1 heterocycles. The van der Waals surface area contributed by atoms with Crippen molar-refractivity contribution in [3.63, 3.8) is 0 Å². The third kappa shape index (κ3) is 3.66. The van der Waals surface area contributed by atoms with Crippen LogP contribution in [-0.2, 0) is 4.79 Å². The second-order valence-corrected chi connectivity index (χ2v) is 5.68. The lowest BCUT2D eigenvalue weighted by atomic mass is 9.94. The van der Waals surface area contributed by atoms with Gasteiger partial charge in [0.1, 0.15) is 5.54 Å². The maximum absolute atomic E-state index is 11.0. The van der Waals surface area contributed by atoms with E-state index in [0.717, 1.165) is 19.5 Å². The van der Waals surface area contributed by atoms with Gasteiger partial charge < -0.3 is 15.7 Å². The van der Waals surface area contributed by atoms with Crippen molar-refractivity contribution >= 4 is 5.97 Å². The molecule has 0 aromatic heterocycles. The van der Waals surface area contributed by atoms with Crippen molar-refractivity contribution in [2.24, 2.45) is 5.73 Å². The zero-order valence-corrected chi connectivity index (χ0v) is 11.3. The van der Waals surface area contributed by atoms with Crippen molar-refractivity contribution in [1.29, 1.82) is 0 Å². The van der Waals surface area contributed by atoms with Crippen LogP contribution < -0.4 is 5.73 Å². The Balaban J connectivity index is 2.50. The summed E-state index contributed by atoms with van der Waals surface area (Å²) >= 11 is 0. The second kappa shape index (κ2) is 5.33. The molecular formula is C12H25N3O2. The van der Waals surface area contributed by atoms with E-state index < -0.39 is 11.5 Å². The molecule has 5 heteroatoms. The van der Waals surface area contributed by atoms with Crippen LogP contribution in [0.15, 0.2) is 0 Å². The summed E-state index contributed by atoms with van der Waals surface area (Å²) < 4.78 is 0. The predicted molar refractivity (Wildman–Crippen MR) is 68.0 cm³/mol. The van der Waals surface area contributed by atoms with Crippen molar-refractivity contribution in [3.05, 3.63) is 0 Å². The normalized spacial score (nSPS) is 27.1. The highest BCUT2D eigenvalue weighted by Crippen LogP contribution is 2.20. The fraction of sp³-hybridized carbons (Fsp3) is 0.917. The molecule has 1 fully saturated rings. The third-order valence-electron chi connectivity index (χ3n) is 3.76. The summed E-state index contributed by atoms with van der Waals surface area (Å²) in [7, 11) is 4.17. The maximum Gasteiger partial charge on any atom is 0.323 e. The van der Waals surface area contributed by atoms with Crippen LogP contribution in [0.25, 0.3) is 0 Å². The number of likely N-dealkylation sites (N-methyl/N-ethyl adjacent to an activating group) is 1. The first-order chi connectivity index (χ1) is 7.74. The summed E-state index contributed by atoms with van der Waals surface area (Å²) in [6.07, 6.45) is 1.63. The van der Waals surface area contributed by atoms with Crippen molar-refractivity contribution in [2.75, 3.05) is 27.2 Å². The first-order valence-corrected chi connectivity index (χ1v) is 6.17. The summed E-state index contributed by atoms with van der Waals surface area (Å²) in [5.74, 6) is -0.923. The Morgan fingerprint density at radius 2 is 2.24 bits per heavy atom. The highest BCUT2D eigenvalue weighted by atomic mass is 16.4. The Kier molecular flexibility index (Phi) is 4.52. The van der Waals surface area contributed by atoms with Gasteiger partial charge in [-0.1, -0.05) is 0 Å². The van der Waals surface area contributed by atoms with E-state index in [-0.39, 0.29) is 6.04 Å². The number of rotatable bonds is 5. The molecule has 0 bridgehead atoms. The minimum atomic E-state index is -1.13. The number of carboxylic acids is 1. The second-order valence-electron chi connectivity index (χ2n) is 5.68. The number of nitrogens with zero attached hydrogens (tertiary/aromatic N) is 2. The van der Waals surface area contributed by atoms with Crippen molar-refractivity contribution < 1.29 is 9.90 Å². The van der Waals surface area contributed by atoms with E-state index in [1.165, 1.54) is 0 Å². The molecule has 0 radical (unpaired) electrons. The van der Waals surface area contributed by atoms with Crippen LogP contribution in [0, 0.1) is 0 Å². The Morgan fingerprint density at radius 3 is 2.65 bits per heavy atom. The topological polar surface area (TPSA) is 69.8 Å². The van der Waals surface area contributed by atoms with Gasteiger partial charge in [-0.3, -0.25) is 9.69 Å². The molecule has 100 valence electrons. The van der Waals surface area contributed by atoms with Gasteiger partial charge in [0.05, 0.1) is 0 Å². The Hall–Kier alpha value is -0.650. The minimum absolute atomic E-state index is 0.214. The van der Waals surface area contributed by atoms with Gasteiger partial charge >= 0.3 is 5.97 Å². The molecule has 1 saturated heterocycles. The van der Waals surface area contributed by atoms with Crippen LogP contribution >= 0.6 is 0 Å². The van der Waals surface area contributed by atoms with Crippen LogP contribution in [0.1, 0.15) is 26.7 Å². The number of hydrogen-bond donors (Lipinski definition) is 2. The molecule has 1 aliphatic rings. The predicted octanol–water partition coefficient (Wildman–Crippen LogP) is 0.203. The molecule has 3 N–H and O–H groups in total. The van der Waals surface area contributed by atoms with Crippen molar-refractivity contribution in [3.8, 4) is 0 Å². The number of aliphatic carboxylic acids is 1. The molecule has 0 aliphatic carbocycles. The van der Waals surface area contributed by atoms with Crippen molar-refractivity contribution in [2.45, 2.75) is 44.3 Å². The van der Waals surface area contributed by atoms with Gasteiger partial charge in [0.15, 0.2) is 0 Å². The van der Waals surface area contributed by atoms with E-state index in [9.17, 15) is 4.79 Å². The smallest absolute Gasteiger partial charge is 0.323 e. The van der Waals surface area contributed by atoms with E-state index in [2.05, 4.69) is 30.8 Å². The standard InChI is InChI=1S/C12H25N3O2/c1-9(7-12(2,13)11(16)17)15-6-5-10(8-15)14(3)4/h9-10H,5-8,13H2,1-4H3,(H,16,17). The first kappa shape index (κ1) is 14.4. The fourth-order valence-electron chi connectivity index (χ4n) is 2.42. The van der Waals surface area contributed by atoms with Crippen LogP contribution in [0.2, 0.25) is 0 Å². The number of likely N-dealkylation sites (tertiary alicyclic amines) is 1. The van der Waals surface area contributed by atoms with Gasteiger partial charge in [0.25, 0.3) is 0 Å². The summed E-state index contributed by atoms with van der Waals surface area (Å²) in [6.45, 7) is 5.68. The lowest BCUT2D eigenvalue weighted by Gasteiger charge is -2.30. The van der Waals surface area contributed by atoms with Crippen LogP contribution in [0.3, 0.4) is 0 Å². The SMILES string of the molecule is CC(CC(C)(N)C(=O)O)N1CCC(N(C)C)C1. The quantitative estimate of drug-likeness (QED) is 0.722. The summed E-state index contributed by atoms with van der Waals surface area (Å²) in [6, 6.07) is 0.789. The lowest BCUT2D eigenvalue weighted by Crippen LogP contribution is -2.50. The zero-order valence-electron chi connectivity index (χ0n) is 11.3. The monoisotopic (exact) mass is 243 g/mol. The Bertz CT molecular complexity index is 279. The van der Waals surface area contributed by atoms with Gasteiger partial charge in [0.2, 0.25) is 0 Å². The van der Waals surface area contributed by atoms with E-state index >= 15 is 0 Å². The molecule has 0 aromatic carbocycles. The fourth-order valence-corrected chi connectivity index (χ4v) is 2.42. The average Bonchev–Trinajstić information content (AvgIpc) is 2.65. The Morgan fingerprint density at radius 1 is 1.65 bits per heavy atom. The summed E-state index contributed by atoms with van der Waals surface area (Å²) in [5, 5.41) is 9.02. The van der Waals surface area contributed by atoms with E-state index in [0.29, 0.717) is 12.5 Å². The van der Waals surface area contributed by atoms with Crippen LogP contribution in [0.5, 0.6) is 0 Å². The molecule has 3 unspecified atom stereocenters. The van der Waals surface area contributed by atoms with E-state index in [1.54, 1.807) is 6.92 Å². The summed E-state index contributed by atoms with van der Waals surface area (Å²) in [4.78, 5) is 15.6. The molecule has 0 spiro atoms. The molecular weight excluding hydrogens is 218 g/mol. The molecule has 1 aliphatic heterocycles. The van der Waals surface area contributed by atoms with Gasteiger partial charge in [-0.15, -0.1) is 0 Å². The highest BCUT2D eigenvalue weighted by molar-refractivity contribution is 5.77. The number of carbonyl (C=O) groups is 1. The molecule has 0 aromatic rings. The largest absolute Gasteiger partial charge is 0.480 e. The van der Waals surface area contributed by atoms with Gasteiger partial charge in [0, 0.05) is 25.2 Å². The maximum atomic E-state index is 11.0. The number of nitrogens with two attached hydrogens (primary N) is 1. The van der Waals surface area contributed by atoms with Crippen LogP contribution in [0.4, 0.5) is 0 Å². The molecule has 5 nitrogen and oxygen atoms in total. The third-order valence-corrected chi connectivity index (χ3v) is 3.76. The van der Waals surface area contributed by atoms with Gasteiger partial charge in [-0.2, -0.15) is 0 Å². The average molecular weight is 243 g/mol. The Labute approximate surface area is 104 Å². The summed E-state index contributed by atoms with van der Waals surface area (Å²) in [5.41, 5.74) is 4.66. The number of carboxylic acid groups (broad SMARTS) is 1. The van der Waals surface area contributed by atoms with E-state index in [4.69, 9.17) is 10.8 Å². The van der Waals surface area contributed by atoms with E-state index in [1.807, 2.05) is 0 Å². The minimum Gasteiger partial charge on any atom is -0.480 e. The molecule has 1 rings (SSSR count). The zero-order chi connectivity index (χ0) is 13.2. The van der Waals surface area contributed by atoms with Crippen LogP contribution in [-0.4, -0.2) is 65.7 Å². The molecule has 0 amide bonds. The lowest BCUT2D eigenvalue weighted by molar-refractivity contribution is -0.143. The first-order valence-electron chi connectivity index (χ1n) is 6.17. The highest BCUT2D eigenvalue weighted by Gasteiger charge is 2.34. The molecule has 0 saturated carbocycles. The van der Waals surface area contributed by atoms with Gasteiger partial charge in [-0.05, 0) is 40.8 Å².